The molecule has 1 atom stereocenters. The Kier molecular flexibility index (Phi) is 6.90. The van der Waals surface area contributed by atoms with Gasteiger partial charge in [0.15, 0.2) is 0 Å². The van der Waals surface area contributed by atoms with Gasteiger partial charge in [-0.05, 0) is 59.0 Å². The molecule has 2 N–H and O–H groups in total. The van der Waals surface area contributed by atoms with Gasteiger partial charge in [-0.1, -0.05) is 51.1 Å². The summed E-state index contributed by atoms with van der Waals surface area (Å²) in [4.78, 5) is 39.8. The van der Waals surface area contributed by atoms with Crippen molar-refractivity contribution in [3.8, 4) is 5.75 Å². The normalized spacial score (nSPS) is 17.1. The molecule has 1 saturated heterocycles. The highest BCUT2D eigenvalue weighted by Crippen LogP contribution is 2.43. The van der Waals surface area contributed by atoms with E-state index in [9.17, 15) is 19.5 Å². The van der Waals surface area contributed by atoms with Gasteiger partial charge in [-0.3, -0.25) is 19.3 Å². The topological polar surface area (TPSA) is 95.9 Å². The van der Waals surface area contributed by atoms with E-state index in [1.165, 1.54) is 18.9 Å². The van der Waals surface area contributed by atoms with Crippen LogP contribution in [0.3, 0.4) is 0 Å². The van der Waals surface area contributed by atoms with Crippen LogP contribution in [-0.2, 0) is 19.8 Å². The van der Waals surface area contributed by atoms with Crippen LogP contribution in [-0.4, -0.2) is 29.8 Å². The molecule has 7 nitrogen and oxygen atoms in total. The second kappa shape index (κ2) is 9.93. The summed E-state index contributed by atoms with van der Waals surface area (Å²) in [5.74, 6) is -1.48. The quantitative estimate of drug-likeness (QED) is 0.272. The first kappa shape index (κ1) is 25.7. The van der Waals surface area contributed by atoms with Crippen LogP contribution in [0, 0.1) is 0 Å². The maximum Gasteiger partial charge on any atom is 0.300 e. The van der Waals surface area contributed by atoms with Crippen LogP contribution < -0.4 is 15.0 Å². The first-order valence-electron chi connectivity index (χ1n) is 11.9. The van der Waals surface area contributed by atoms with Gasteiger partial charge in [0.1, 0.15) is 11.5 Å². The fraction of sp³-hybridized carbons (Fsp3) is 0.233. The Morgan fingerprint density at radius 3 is 2.19 bits per heavy atom. The second-order valence-electron chi connectivity index (χ2n) is 10.0. The fourth-order valence-corrected chi connectivity index (χ4v) is 4.42. The third kappa shape index (κ3) is 5.11. The summed E-state index contributed by atoms with van der Waals surface area (Å²) in [6.07, 6.45) is 0. The number of amides is 2. The van der Waals surface area contributed by atoms with Crippen LogP contribution >= 0.6 is 0 Å². The standard InChI is InChI=1S/C30H30N2O5/c1-18(33)31-22-7-6-8-23(17-22)32-26(19-9-13-21(14-10-19)30(2,3)4)25(28(35)29(32)36)27(34)20-11-15-24(37-5)16-12-20/h6-17,26,34H,1-5H3,(H,31,33)/b27-25+. The number of hydrogen-bond acceptors (Lipinski definition) is 5. The number of nitrogens with one attached hydrogen (secondary N) is 1. The zero-order valence-electron chi connectivity index (χ0n) is 21.5. The van der Waals surface area contributed by atoms with Crippen molar-refractivity contribution >= 4 is 34.7 Å². The van der Waals surface area contributed by atoms with Gasteiger partial charge >= 0.3 is 0 Å². The highest BCUT2D eigenvalue weighted by atomic mass is 16.5. The van der Waals surface area contributed by atoms with Crippen molar-refractivity contribution in [2.24, 2.45) is 0 Å². The lowest BCUT2D eigenvalue weighted by atomic mass is 9.85. The Morgan fingerprint density at radius 1 is 0.973 bits per heavy atom. The van der Waals surface area contributed by atoms with Gasteiger partial charge in [0.25, 0.3) is 11.7 Å². The molecule has 1 aliphatic rings. The molecule has 0 aliphatic carbocycles. The maximum atomic E-state index is 13.4. The van der Waals surface area contributed by atoms with Crippen molar-refractivity contribution in [3.05, 3.63) is 95.1 Å². The van der Waals surface area contributed by atoms with E-state index in [1.54, 1.807) is 48.5 Å². The number of benzene rings is 3. The zero-order chi connectivity index (χ0) is 26.9. The summed E-state index contributed by atoms with van der Waals surface area (Å²) in [7, 11) is 1.54. The van der Waals surface area contributed by atoms with Crippen molar-refractivity contribution in [3.63, 3.8) is 0 Å². The lowest BCUT2D eigenvalue weighted by Gasteiger charge is -2.27. The summed E-state index contributed by atoms with van der Waals surface area (Å²) in [5.41, 5.74) is 2.97. The lowest BCUT2D eigenvalue weighted by Crippen LogP contribution is -2.29. The molecule has 2 amide bonds. The Labute approximate surface area is 216 Å². The lowest BCUT2D eigenvalue weighted by molar-refractivity contribution is -0.132. The van der Waals surface area contributed by atoms with Gasteiger partial charge in [-0.15, -0.1) is 0 Å². The number of aliphatic hydroxyl groups excluding tert-OH is 1. The number of rotatable bonds is 5. The monoisotopic (exact) mass is 498 g/mol. The summed E-state index contributed by atoms with van der Waals surface area (Å²) >= 11 is 0. The minimum absolute atomic E-state index is 0.0106. The van der Waals surface area contributed by atoms with Crippen molar-refractivity contribution in [2.45, 2.75) is 39.2 Å². The average molecular weight is 499 g/mol. The SMILES string of the molecule is COc1ccc(/C(O)=C2\C(=O)C(=O)N(c3cccc(NC(C)=O)c3)C2c2ccc(C(C)(C)C)cc2)cc1. The molecule has 1 unspecified atom stereocenters. The fourth-order valence-electron chi connectivity index (χ4n) is 4.42. The van der Waals surface area contributed by atoms with Crippen LogP contribution in [0.25, 0.3) is 5.76 Å². The number of ether oxygens (including phenoxy) is 1. The molecule has 0 bridgehead atoms. The maximum absolute atomic E-state index is 13.4. The third-order valence-electron chi connectivity index (χ3n) is 6.35. The Morgan fingerprint density at radius 2 is 1.62 bits per heavy atom. The second-order valence-corrected chi connectivity index (χ2v) is 10.0. The minimum Gasteiger partial charge on any atom is -0.507 e. The zero-order valence-corrected chi connectivity index (χ0v) is 21.5. The summed E-state index contributed by atoms with van der Waals surface area (Å²) < 4.78 is 5.20. The largest absolute Gasteiger partial charge is 0.507 e. The highest BCUT2D eigenvalue weighted by molar-refractivity contribution is 6.51. The molecule has 7 heteroatoms. The van der Waals surface area contributed by atoms with Crippen LogP contribution in [0.4, 0.5) is 11.4 Å². The number of methoxy groups -OCH3 is 1. The van der Waals surface area contributed by atoms with Crippen molar-refractivity contribution < 1.29 is 24.2 Å². The predicted octanol–water partition coefficient (Wildman–Crippen LogP) is 5.58. The number of nitrogens with zero attached hydrogens (tertiary/aromatic N) is 1. The predicted molar refractivity (Wildman–Crippen MR) is 144 cm³/mol. The van der Waals surface area contributed by atoms with Gasteiger partial charge in [0.05, 0.1) is 18.7 Å². The van der Waals surface area contributed by atoms with E-state index in [2.05, 4.69) is 26.1 Å². The van der Waals surface area contributed by atoms with Crippen molar-refractivity contribution in [2.75, 3.05) is 17.3 Å². The highest BCUT2D eigenvalue weighted by Gasteiger charge is 2.47. The van der Waals surface area contributed by atoms with E-state index in [0.29, 0.717) is 28.3 Å². The third-order valence-corrected chi connectivity index (χ3v) is 6.35. The molecular formula is C30H30N2O5. The van der Waals surface area contributed by atoms with Gasteiger partial charge in [0, 0.05) is 23.9 Å². The number of Topliss-reactive ketones (excluding diaryl/α,β-unsaturated/α-hetero) is 1. The van der Waals surface area contributed by atoms with E-state index < -0.39 is 17.7 Å². The van der Waals surface area contributed by atoms with Gasteiger partial charge in [-0.2, -0.15) is 0 Å². The van der Waals surface area contributed by atoms with E-state index in [4.69, 9.17) is 4.74 Å². The van der Waals surface area contributed by atoms with E-state index in [1.807, 2.05) is 24.3 Å². The molecule has 0 aromatic heterocycles. The summed E-state index contributed by atoms with van der Waals surface area (Å²) in [5, 5.41) is 14.0. The molecular weight excluding hydrogens is 468 g/mol. The molecule has 0 spiro atoms. The molecule has 4 rings (SSSR count). The minimum atomic E-state index is -0.872. The van der Waals surface area contributed by atoms with Crippen LogP contribution in [0.2, 0.25) is 0 Å². The number of carbonyl (C=O) groups is 3. The van der Waals surface area contributed by atoms with Crippen molar-refractivity contribution in [1.29, 1.82) is 0 Å². The molecule has 1 heterocycles. The van der Waals surface area contributed by atoms with Gasteiger partial charge < -0.3 is 15.2 Å². The van der Waals surface area contributed by atoms with Crippen LogP contribution in [0.1, 0.15) is 50.4 Å². The molecule has 1 aliphatic heterocycles. The number of hydrogen-bond donors (Lipinski definition) is 2. The van der Waals surface area contributed by atoms with E-state index >= 15 is 0 Å². The molecule has 1 fully saturated rings. The Hall–Kier alpha value is -4.39. The molecule has 3 aromatic carbocycles. The number of anilines is 2. The van der Waals surface area contributed by atoms with Gasteiger partial charge in [0.2, 0.25) is 5.91 Å². The van der Waals surface area contributed by atoms with Gasteiger partial charge in [-0.25, -0.2) is 0 Å². The van der Waals surface area contributed by atoms with E-state index in [0.717, 1.165) is 5.56 Å². The van der Waals surface area contributed by atoms with Crippen molar-refractivity contribution in [1.82, 2.24) is 0 Å². The smallest absolute Gasteiger partial charge is 0.300 e. The molecule has 0 saturated carbocycles. The van der Waals surface area contributed by atoms with Crippen LogP contribution in [0.5, 0.6) is 5.75 Å². The number of carbonyl (C=O) groups excluding carboxylic acids is 3. The molecule has 37 heavy (non-hydrogen) atoms. The first-order valence-corrected chi connectivity index (χ1v) is 11.9. The summed E-state index contributed by atoms with van der Waals surface area (Å²) in [6, 6.07) is 20.2. The number of aliphatic hydroxyl groups is 1. The average Bonchev–Trinajstić information content (AvgIpc) is 3.13. The van der Waals surface area contributed by atoms with E-state index in [-0.39, 0.29) is 22.7 Å². The Balaban J connectivity index is 1.90. The molecule has 3 aromatic rings. The summed E-state index contributed by atoms with van der Waals surface area (Å²) in [6.45, 7) is 7.70. The molecule has 0 radical (unpaired) electrons. The number of ketones is 1. The van der Waals surface area contributed by atoms with Crippen LogP contribution in [0.15, 0.2) is 78.4 Å². The first-order chi connectivity index (χ1) is 17.5. The molecule has 190 valence electrons. The Bertz CT molecular complexity index is 1380.